The number of ketones is 1. The molecule has 0 radical (unpaired) electrons. The monoisotopic (exact) mass is 457 g/mol. The minimum Gasteiger partial charge on any atom is -0.481 e. The first-order valence-electron chi connectivity index (χ1n) is 9.49. The first-order valence-corrected chi connectivity index (χ1v) is 11.4. The Morgan fingerprint density at radius 3 is 2.26 bits per heavy atom. The van der Waals surface area contributed by atoms with Gasteiger partial charge in [-0.1, -0.05) is 54.1 Å². The summed E-state index contributed by atoms with van der Waals surface area (Å²) in [6.45, 7) is 0. The Hall–Kier alpha value is -3.16. The lowest BCUT2D eigenvalue weighted by molar-refractivity contribution is -0.137. The molecule has 3 aromatic rings. The van der Waals surface area contributed by atoms with Gasteiger partial charge in [0.15, 0.2) is 5.78 Å². The van der Waals surface area contributed by atoms with Gasteiger partial charge in [-0.3, -0.25) is 14.3 Å². The van der Waals surface area contributed by atoms with E-state index in [4.69, 9.17) is 16.7 Å². The molecule has 31 heavy (non-hydrogen) atoms. The molecule has 0 unspecified atom stereocenters. The van der Waals surface area contributed by atoms with E-state index in [-0.39, 0.29) is 28.4 Å². The molecule has 3 aromatic carbocycles. The normalized spacial score (nSPS) is 11.1. The quantitative estimate of drug-likeness (QED) is 0.450. The molecule has 8 heteroatoms. The second-order valence-corrected chi connectivity index (χ2v) is 9.00. The van der Waals surface area contributed by atoms with Gasteiger partial charge in [-0.2, -0.15) is 0 Å². The van der Waals surface area contributed by atoms with Crippen LogP contribution in [0.5, 0.6) is 0 Å². The van der Waals surface area contributed by atoms with Gasteiger partial charge in [-0.05, 0) is 48.7 Å². The Bertz CT molecular complexity index is 1190. The molecule has 0 bridgehead atoms. The van der Waals surface area contributed by atoms with Crippen molar-refractivity contribution >= 4 is 39.1 Å². The van der Waals surface area contributed by atoms with Crippen molar-refractivity contribution in [3.05, 3.63) is 94.5 Å². The molecule has 0 spiro atoms. The number of benzene rings is 3. The molecule has 3 rings (SSSR count). The van der Waals surface area contributed by atoms with E-state index in [2.05, 4.69) is 4.72 Å². The maximum atomic E-state index is 12.9. The molecule has 0 aromatic heterocycles. The lowest BCUT2D eigenvalue weighted by Crippen LogP contribution is -2.16. The zero-order valence-electron chi connectivity index (χ0n) is 16.4. The third kappa shape index (κ3) is 5.93. The zero-order chi connectivity index (χ0) is 22.4. The highest BCUT2D eigenvalue weighted by Gasteiger charge is 2.20. The maximum absolute atomic E-state index is 12.9. The van der Waals surface area contributed by atoms with Gasteiger partial charge in [0.25, 0.3) is 10.0 Å². The van der Waals surface area contributed by atoms with Crippen LogP contribution in [0.2, 0.25) is 5.02 Å². The van der Waals surface area contributed by atoms with Crippen LogP contribution in [0.15, 0.2) is 77.7 Å². The topological polar surface area (TPSA) is 101 Å². The van der Waals surface area contributed by atoms with E-state index in [0.717, 1.165) is 5.56 Å². The highest BCUT2D eigenvalue weighted by molar-refractivity contribution is 7.92. The van der Waals surface area contributed by atoms with Crippen LogP contribution in [0, 0.1) is 0 Å². The predicted molar refractivity (Wildman–Crippen MR) is 119 cm³/mol. The van der Waals surface area contributed by atoms with E-state index in [1.807, 2.05) is 0 Å². The minimum atomic E-state index is -3.95. The minimum absolute atomic E-state index is 0.0301. The Morgan fingerprint density at radius 2 is 1.61 bits per heavy atom. The van der Waals surface area contributed by atoms with Gasteiger partial charge in [0.1, 0.15) is 0 Å². The molecular weight excluding hydrogens is 438 g/mol. The molecular formula is C23H20ClNO5S. The molecule has 0 saturated carbocycles. The molecule has 0 fully saturated rings. The lowest BCUT2D eigenvalue weighted by Gasteiger charge is -2.13. The van der Waals surface area contributed by atoms with E-state index in [0.29, 0.717) is 23.4 Å². The van der Waals surface area contributed by atoms with Gasteiger partial charge in [-0.15, -0.1) is 0 Å². The second-order valence-electron chi connectivity index (χ2n) is 6.88. The van der Waals surface area contributed by atoms with Gasteiger partial charge in [-0.25, -0.2) is 8.42 Å². The molecule has 0 atom stereocenters. The summed E-state index contributed by atoms with van der Waals surface area (Å²) in [7, 11) is -3.95. The molecule has 0 heterocycles. The summed E-state index contributed by atoms with van der Waals surface area (Å²) in [6, 6.07) is 19.1. The zero-order valence-corrected chi connectivity index (χ0v) is 18.0. The Morgan fingerprint density at radius 1 is 0.935 bits per heavy atom. The number of nitrogens with one attached hydrogen (secondary N) is 1. The van der Waals surface area contributed by atoms with Crippen molar-refractivity contribution in [2.24, 2.45) is 0 Å². The number of hydrogen-bond acceptors (Lipinski definition) is 4. The number of halogens is 1. The summed E-state index contributed by atoms with van der Waals surface area (Å²) in [5.41, 5.74) is 1.53. The van der Waals surface area contributed by atoms with Crippen LogP contribution < -0.4 is 4.72 Å². The van der Waals surface area contributed by atoms with Crippen LogP contribution in [0.25, 0.3) is 0 Å². The first-order chi connectivity index (χ1) is 14.8. The average molecular weight is 458 g/mol. The van der Waals surface area contributed by atoms with Crippen molar-refractivity contribution in [2.75, 3.05) is 4.72 Å². The van der Waals surface area contributed by atoms with Crippen LogP contribution >= 0.6 is 11.6 Å². The standard InChI is InChI=1S/C23H20ClNO5S/c24-18-11-14-21(20(15-18)23(28)17-6-2-1-3-7-17)25-31(29,30)19-12-9-16(10-13-19)5-4-8-22(26)27/h1-3,6-7,9-15,25H,4-5,8H2,(H,26,27). The fourth-order valence-electron chi connectivity index (χ4n) is 3.02. The van der Waals surface area contributed by atoms with Crippen LogP contribution in [0.3, 0.4) is 0 Å². The fourth-order valence-corrected chi connectivity index (χ4v) is 4.27. The Labute approximate surface area is 185 Å². The molecule has 0 amide bonds. The van der Waals surface area contributed by atoms with Crippen molar-refractivity contribution in [2.45, 2.75) is 24.2 Å². The molecule has 0 aliphatic rings. The van der Waals surface area contributed by atoms with Gasteiger partial charge in [0.05, 0.1) is 10.6 Å². The van der Waals surface area contributed by atoms with Gasteiger partial charge in [0, 0.05) is 22.6 Å². The first kappa shape index (κ1) is 22.5. The number of carboxylic acid groups (broad SMARTS) is 1. The highest BCUT2D eigenvalue weighted by Crippen LogP contribution is 2.26. The maximum Gasteiger partial charge on any atom is 0.303 e. The van der Waals surface area contributed by atoms with Crippen LogP contribution in [-0.2, 0) is 21.2 Å². The average Bonchev–Trinajstić information content (AvgIpc) is 2.75. The van der Waals surface area contributed by atoms with E-state index in [9.17, 15) is 18.0 Å². The highest BCUT2D eigenvalue weighted by atomic mass is 35.5. The lowest BCUT2D eigenvalue weighted by atomic mass is 10.0. The van der Waals surface area contributed by atoms with E-state index in [1.165, 1.54) is 30.3 Å². The third-order valence-corrected chi connectivity index (χ3v) is 6.21. The van der Waals surface area contributed by atoms with Crippen molar-refractivity contribution < 1.29 is 23.1 Å². The fraction of sp³-hybridized carbons (Fsp3) is 0.130. The summed E-state index contributed by atoms with van der Waals surface area (Å²) in [5, 5.41) is 9.03. The third-order valence-electron chi connectivity index (χ3n) is 4.60. The largest absolute Gasteiger partial charge is 0.481 e. The number of anilines is 1. The van der Waals surface area contributed by atoms with E-state index >= 15 is 0 Å². The molecule has 2 N–H and O–H groups in total. The molecule has 160 valence electrons. The number of sulfonamides is 1. The number of carbonyl (C=O) groups is 2. The van der Waals surface area contributed by atoms with E-state index in [1.54, 1.807) is 42.5 Å². The van der Waals surface area contributed by atoms with Gasteiger partial charge < -0.3 is 5.11 Å². The summed E-state index contributed by atoms with van der Waals surface area (Å²) in [6.07, 6.45) is 1.05. The summed E-state index contributed by atoms with van der Waals surface area (Å²) in [5.74, 6) is -1.22. The van der Waals surface area contributed by atoms with Crippen molar-refractivity contribution in [1.29, 1.82) is 0 Å². The molecule has 6 nitrogen and oxygen atoms in total. The molecule has 0 aliphatic carbocycles. The smallest absolute Gasteiger partial charge is 0.303 e. The number of rotatable bonds is 9. The SMILES string of the molecule is O=C(O)CCCc1ccc(S(=O)(=O)Nc2ccc(Cl)cc2C(=O)c2ccccc2)cc1. The summed E-state index contributed by atoms with van der Waals surface area (Å²) < 4.78 is 28.2. The van der Waals surface area contributed by atoms with Crippen LogP contribution in [0.1, 0.15) is 34.3 Å². The van der Waals surface area contributed by atoms with Crippen LogP contribution in [0.4, 0.5) is 5.69 Å². The summed E-state index contributed by atoms with van der Waals surface area (Å²) >= 11 is 6.05. The van der Waals surface area contributed by atoms with Crippen molar-refractivity contribution in [3.8, 4) is 0 Å². The summed E-state index contributed by atoms with van der Waals surface area (Å²) in [4.78, 5) is 23.5. The number of carboxylic acids is 1. The number of aryl methyl sites for hydroxylation is 1. The van der Waals surface area contributed by atoms with Crippen molar-refractivity contribution in [1.82, 2.24) is 0 Å². The molecule has 0 aliphatic heterocycles. The second kappa shape index (κ2) is 9.76. The Balaban J connectivity index is 1.83. The number of hydrogen-bond donors (Lipinski definition) is 2. The van der Waals surface area contributed by atoms with Gasteiger partial charge in [0.2, 0.25) is 0 Å². The molecule has 0 saturated heterocycles. The number of aliphatic carboxylic acids is 1. The van der Waals surface area contributed by atoms with Gasteiger partial charge >= 0.3 is 5.97 Å². The van der Waals surface area contributed by atoms with Crippen molar-refractivity contribution in [3.63, 3.8) is 0 Å². The number of carbonyl (C=O) groups excluding carboxylic acids is 1. The van der Waals surface area contributed by atoms with Crippen LogP contribution in [-0.4, -0.2) is 25.3 Å². The Kier molecular flexibility index (Phi) is 7.09. The van der Waals surface area contributed by atoms with E-state index < -0.39 is 16.0 Å². The predicted octanol–water partition coefficient (Wildman–Crippen LogP) is 4.78.